The summed E-state index contributed by atoms with van der Waals surface area (Å²) in [5.41, 5.74) is 8.65. The van der Waals surface area contributed by atoms with Gasteiger partial charge in [0.2, 0.25) is 0 Å². The standard InChI is InChI=1S/C16H24N2/c1-2-3-5-14-6-4-7-15(12-14)13-18-10-8-16(17)9-11-18/h3-7,12,16H,2,8-11,13,17H2,1H3/b5-3+. The molecule has 0 saturated carbocycles. The molecule has 0 aliphatic carbocycles. The molecular formula is C16H24N2. The lowest BCUT2D eigenvalue weighted by molar-refractivity contribution is 0.205. The van der Waals surface area contributed by atoms with Crippen molar-refractivity contribution >= 4 is 6.08 Å². The predicted octanol–water partition coefficient (Wildman–Crippen LogP) is 3.03. The quantitative estimate of drug-likeness (QED) is 0.882. The Balaban J connectivity index is 1.94. The fourth-order valence-corrected chi connectivity index (χ4v) is 2.42. The van der Waals surface area contributed by atoms with Crippen LogP contribution in [0.25, 0.3) is 6.08 Å². The Morgan fingerprint density at radius 3 is 2.83 bits per heavy atom. The Kier molecular flexibility index (Phi) is 4.97. The van der Waals surface area contributed by atoms with Crippen LogP contribution >= 0.6 is 0 Å². The molecule has 0 unspecified atom stereocenters. The summed E-state index contributed by atoms with van der Waals surface area (Å²) in [6.07, 6.45) is 7.77. The van der Waals surface area contributed by atoms with Gasteiger partial charge in [-0.15, -0.1) is 0 Å². The first kappa shape index (κ1) is 13.3. The molecule has 0 aromatic heterocycles. The zero-order valence-corrected chi connectivity index (χ0v) is 11.3. The van der Waals surface area contributed by atoms with E-state index in [0.717, 1.165) is 38.9 Å². The number of likely N-dealkylation sites (tertiary alicyclic amines) is 1. The summed E-state index contributed by atoms with van der Waals surface area (Å²) in [6, 6.07) is 9.25. The number of benzene rings is 1. The predicted molar refractivity (Wildman–Crippen MR) is 78.3 cm³/mol. The van der Waals surface area contributed by atoms with E-state index in [1.54, 1.807) is 0 Å². The normalized spacial score (nSPS) is 18.6. The molecule has 2 rings (SSSR count). The molecule has 1 aromatic rings. The van der Waals surface area contributed by atoms with Crippen LogP contribution in [0.2, 0.25) is 0 Å². The minimum Gasteiger partial charge on any atom is -0.328 e. The van der Waals surface area contributed by atoms with E-state index in [-0.39, 0.29) is 0 Å². The second-order valence-electron chi connectivity index (χ2n) is 5.17. The first-order valence-electron chi connectivity index (χ1n) is 7.01. The minimum absolute atomic E-state index is 0.417. The lowest BCUT2D eigenvalue weighted by Crippen LogP contribution is -2.39. The van der Waals surface area contributed by atoms with Crippen LogP contribution in [0.15, 0.2) is 30.3 Å². The van der Waals surface area contributed by atoms with Gasteiger partial charge in [0.25, 0.3) is 0 Å². The molecular weight excluding hydrogens is 220 g/mol. The molecule has 1 aliphatic rings. The molecule has 1 aromatic carbocycles. The van der Waals surface area contributed by atoms with E-state index in [9.17, 15) is 0 Å². The first-order valence-corrected chi connectivity index (χ1v) is 7.01. The average Bonchev–Trinajstić information content (AvgIpc) is 2.40. The molecule has 1 saturated heterocycles. The summed E-state index contributed by atoms with van der Waals surface area (Å²) in [4.78, 5) is 2.51. The van der Waals surface area contributed by atoms with Gasteiger partial charge in [0.05, 0.1) is 0 Å². The topological polar surface area (TPSA) is 29.3 Å². The Bertz CT molecular complexity index is 390. The van der Waals surface area contributed by atoms with E-state index in [2.05, 4.69) is 48.2 Å². The third kappa shape index (κ3) is 3.97. The van der Waals surface area contributed by atoms with Crippen molar-refractivity contribution in [2.45, 2.75) is 38.8 Å². The van der Waals surface area contributed by atoms with Crippen molar-refractivity contribution < 1.29 is 0 Å². The first-order chi connectivity index (χ1) is 8.78. The lowest BCUT2D eigenvalue weighted by atomic mass is 10.0. The zero-order valence-electron chi connectivity index (χ0n) is 11.3. The van der Waals surface area contributed by atoms with Gasteiger partial charge in [-0.3, -0.25) is 4.90 Å². The van der Waals surface area contributed by atoms with E-state index < -0.39 is 0 Å². The minimum atomic E-state index is 0.417. The van der Waals surface area contributed by atoms with Gasteiger partial charge >= 0.3 is 0 Å². The Labute approximate surface area is 110 Å². The molecule has 0 bridgehead atoms. The number of allylic oxidation sites excluding steroid dienone is 1. The van der Waals surface area contributed by atoms with Gasteiger partial charge in [0.1, 0.15) is 0 Å². The molecule has 2 heteroatoms. The molecule has 0 radical (unpaired) electrons. The highest BCUT2D eigenvalue weighted by Crippen LogP contribution is 2.14. The number of nitrogens with zero attached hydrogens (tertiary/aromatic N) is 1. The van der Waals surface area contributed by atoms with Crippen molar-refractivity contribution in [2.24, 2.45) is 5.73 Å². The van der Waals surface area contributed by atoms with Gasteiger partial charge in [0, 0.05) is 12.6 Å². The highest BCUT2D eigenvalue weighted by Gasteiger charge is 2.15. The smallest absolute Gasteiger partial charge is 0.0233 e. The van der Waals surface area contributed by atoms with Crippen LogP contribution in [0.4, 0.5) is 0 Å². The average molecular weight is 244 g/mol. The summed E-state index contributed by atoms with van der Waals surface area (Å²) >= 11 is 0. The van der Waals surface area contributed by atoms with Crippen molar-refractivity contribution in [3.8, 4) is 0 Å². The number of nitrogens with two attached hydrogens (primary N) is 1. The SMILES string of the molecule is CC/C=C/c1cccc(CN2CCC(N)CC2)c1. The maximum atomic E-state index is 5.93. The van der Waals surface area contributed by atoms with Crippen molar-refractivity contribution in [1.82, 2.24) is 4.90 Å². The Hall–Kier alpha value is -1.12. The maximum Gasteiger partial charge on any atom is 0.0233 e. The van der Waals surface area contributed by atoms with E-state index in [0.29, 0.717) is 6.04 Å². The van der Waals surface area contributed by atoms with Crippen molar-refractivity contribution in [1.29, 1.82) is 0 Å². The summed E-state index contributed by atoms with van der Waals surface area (Å²) in [7, 11) is 0. The molecule has 2 nitrogen and oxygen atoms in total. The van der Waals surface area contributed by atoms with E-state index >= 15 is 0 Å². The molecule has 1 heterocycles. The van der Waals surface area contributed by atoms with Crippen LogP contribution < -0.4 is 5.73 Å². The molecule has 98 valence electrons. The van der Waals surface area contributed by atoms with Crippen LogP contribution in [0.5, 0.6) is 0 Å². The summed E-state index contributed by atoms with van der Waals surface area (Å²) in [5, 5.41) is 0. The van der Waals surface area contributed by atoms with Gasteiger partial charge < -0.3 is 5.73 Å². The van der Waals surface area contributed by atoms with Gasteiger partial charge in [-0.25, -0.2) is 0 Å². The van der Waals surface area contributed by atoms with Crippen molar-refractivity contribution in [2.75, 3.05) is 13.1 Å². The van der Waals surface area contributed by atoms with Crippen LogP contribution in [0.1, 0.15) is 37.3 Å². The van der Waals surface area contributed by atoms with Gasteiger partial charge in [-0.05, 0) is 43.5 Å². The highest BCUT2D eigenvalue weighted by molar-refractivity contribution is 5.50. The molecule has 18 heavy (non-hydrogen) atoms. The zero-order chi connectivity index (χ0) is 12.8. The largest absolute Gasteiger partial charge is 0.328 e. The van der Waals surface area contributed by atoms with Crippen LogP contribution in [-0.4, -0.2) is 24.0 Å². The third-order valence-corrected chi connectivity index (χ3v) is 3.54. The van der Waals surface area contributed by atoms with E-state index in [4.69, 9.17) is 5.73 Å². The summed E-state index contributed by atoms with van der Waals surface area (Å²) < 4.78 is 0. The molecule has 0 spiro atoms. The van der Waals surface area contributed by atoms with Crippen molar-refractivity contribution in [3.63, 3.8) is 0 Å². The number of hydrogen-bond donors (Lipinski definition) is 1. The van der Waals surface area contributed by atoms with Crippen LogP contribution in [-0.2, 0) is 6.54 Å². The van der Waals surface area contributed by atoms with Crippen molar-refractivity contribution in [3.05, 3.63) is 41.5 Å². The molecule has 0 amide bonds. The Morgan fingerprint density at radius 2 is 2.11 bits per heavy atom. The monoisotopic (exact) mass is 244 g/mol. The summed E-state index contributed by atoms with van der Waals surface area (Å²) in [6.45, 7) is 5.49. The molecule has 2 N–H and O–H groups in total. The van der Waals surface area contributed by atoms with Gasteiger partial charge in [-0.2, -0.15) is 0 Å². The molecule has 1 fully saturated rings. The second kappa shape index (κ2) is 6.72. The fourth-order valence-electron chi connectivity index (χ4n) is 2.42. The maximum absolute atomic E-state index is 5.93. The number of hydrogen-bond acceptors (Lipinski definition) is 2. The Morgan fingerprint density at radius 1 is 1.33 bits per heavy atom. The third-order valence-electron chi connectivity index (χ3n) is 3.54. The number of piperidine rings is 1. The lowest BCUT2D eigenvalue weighted by Gasteiger charge is -2.30. The van der Waals surface area contributed by atoms with Crippen LogP contribution in [0, 0.1) is 0 Å². The van der Waals surface area contributed by atoms with Gasteiger partial charge in [0.15, 0.2) is 0 Å². The van der Waals surface area contributed by atoms with E-state index in [1.165, 1.54) is 11.1 Å². The van der Waals surface area contributed by atoms with E-state index in [1.807, 2.05) is 0 Å². The highest BCUT2D eigenvalue weighted by atomic mass is 15.1. The fraction of sp³-hybridized carbons (Fsp3) is 0.500. The number of rotatable bonds is 4. The van der Waals surface area contributed by atoms with Gasteiger partial charge in [-0.1, -0.05) is 43.3 Å². The van der Waals surface area contributed by atoms with Crippen LogP contribution in [0.3, 0.4) is 0 Å². The molecule has 1 aliphatic heterocycles. The summed E-state index contributed by atoms with van der Waals surface area (Å²) in [5.74, 6) is 0. The molecule has 0 atom stereocenters. The second-order valence-corrected chi connectivity index (χ2v) is 5.17.